The van der Waals surface area contributed by atoms with Gasteiger partial charge in [-0.15, -0.1) is 0 Å². The van der Waals surface area contributed by atoms with Crippen molar-refractivity contribution in [2.75, 3.05) is 53.0 Å². The SMILES string of the molecule is CCNC(=NCC(C)Oc1cccc(OC)c1)N1CCN(C(=O)C2CCCO2)CC1. The van der Waals surface area contributed by atoms with Crippen LogP contribution < -0.4 is 14.8 Å². The second-order valence-corrected chi connectivity index (χ2v) is 7.62. The first-order valence-electron chi connectivity index (χ1n) is 10.8. The highest BCUT2D eigenvalue weighted by atomic mass is 16.5. The van der Waals surface area contributed by atoms with Crippen LogP contribution in [0.25, 0.3) is 0 Å². The van der Waals surface area contributed by atoms with E-state index in [4.69, 9.17) is 19.2 Å². The van der Waals surface area contributed by atoms with Gasteiger partial charge in [-0.2, -0.15) is 0 Å². The fraction of sp³-hybridized carbons (Fsp3) is 0.636. The molecule has 0 saturated carbocycles. The lowest BCUT2D eigenvalue weighted by Crippen LogP contribution is -2.55. The molecule has 2 fully saturated rings. The predicted octanol–water partition coefficient (Wildman–Crippen LogP) is 1.75. The quantitative estimate of drug-likeness (QED) is 0.537. The summed E-state index contributed by atoms with van der Waals surface area (Å²) in [5.41, 5.74) is 0. The van der Waals surface area contributed by atoms with Gasteiger partial charge in [0.2, 0.25) is 0 Å². The molecule has 1 N–H and O–H groups in total. The van der Waals surface area contributed by atoms with E-state index in [-0.39, 0.29) is 18.1 Å². The van der Waals surface area contributed by atoms with Crippen molar-refractivity contribution in [1.29, 1.82) is 0 Å². The number of hydrogen-bond donors (Lipinski definition) is 1. The van der Waals surface area contributed by atoms with Gasteiger partial charge in [-0.05, 0) is 38.8 Å². The molecule has 1 amide bonds. The zero-order chi connectivity index (χ0) is 21.3. The first kappa shape index (κ1) is 22.2. The van der Waals surface area contributed by atoms with Gasteiger partial charge in [0.05, 0.1) is 13.7 Å². The Balaban J connectivity index is 1.52. The van der Waals surface area contributed by atoms with Crippen molar-refractivity contribution in [2.24, 2.45) is 4.99 Å². The number of aliphatic imine (C=N–C) groups is 1. The van der Waals surface area contributed by atoms with Crippen LogP contribution in [0.3, 0.4) is 0 Å². The number of piperazine rings is 1. The van der Waals surface area contributed by atoms with Crippen LogP contribution in [0.4, 0.5) is 0 Å². The highest BCUT2D eigenvalue weighted by molar-refractivity contribution is 5.82. The number of rotatable bonds is 7. The number of carbonyl (C=O) groups is 1. The van der Waals surface area contributed by atoms with Gasteiger partial charge >= 0.3 is 0 Å². The molecular formula is C22H34N4O4. The maximum atomic E-state index is 12.5. The Morgan fingerprint density at radius 1 is 1.27 bits per heavy atom. The summed E-state index contributed by atoms with van der Waals surface area (Å²) in [7, 11) is 1.64. The van der Waals surface area contributed by atoms with Crippen molar-refractivity contribution in [3.63, 3.8) is 0 Å². The van der Waals surface area contributed by atoms with E-state index in [2.05, 4.69) is 17.1 Å². The number of nitrogens with zero attached hydrogens (tertiary/aromatic N) is 3. The molecule has 0 bridgehead atoms. The number of carbonyl (C=O) groups excluding carboxylic acids is 1. The van der Waals surface area contributed by atoms with Gasteiger partial charge in [-0.25, -0.2) is 4.99 Å². The molecule has 30 heavy (non-hydrogen) atoms. The first-order chi connectivity index (χ1) is 14.6. The standard InChI is InChI=1S/C22H34N4O4/c1-4-23-22(24-16-17(2)30-19-8-5-7-18(15-19)28-3)26-12-10-25(11-13-26)21(27)20-9-6-14-29-20/h5,7-8,15,17,20H,4,6,9-14,16H2,1-3H3,(H,23,24). The summed E-state index contributed by atoms with van der Waals surface area (Å²) in [6.07, 6.45) is 1.50. The van der Waals surface area contributed by atoms with Crippen LogP contribution in [0.15, 0.2) is 29.3 Å². The zero-order valence-electron chi connectivity index (χ0n) is 18.3. The Kier molecular flexibility index (Phi) is 8.19. The molecule has 8 heteroatoms. The van der Waals surface area contributed by atoms with Crippen molar-refractivity contribution in [3.8, 4) is 11.5 Å². The van der Waals surface area contributed by atoms with Crippen molar-refractivity contribution < 1.29 is 19.0 Å². The number of guanidine groups is 1. The second-order valence-electron chi connectivity index (χ2n) is 7.62. The van der Waals surface area contributed by atoms with Crippen LogP contribution in [0, 0.1) is 0 Å². The third-order valence-electron chi connectivity index (χ3n) is 5.31. The van der Waals surface area contributed by atoms with Crippen LogP contribution in [-0.2, 0) is 9.53 Å². The molecule has 0 aromatic heterocycles. The van der Waals surface area contributed by atoms with E-state index in [1.165, 1.54) is 0 Å². The maximum Gasteiger partial charge on any atom is 0.251 e. The summed E-state index contributed by atoms with van der Waals surface area (Å²) in [6, 6.07) is 7.59. The van der Waals surface area contributed by atoms with Gasteiger partial charge in [-0.1, -0.05) is 6.07 Å². The van der Waals surface area contributed by atoms with Gasteiger partial charge in [0.25, 0.3) is 5.91 Å². The van der Waals surface area contributed by atoms with E-state index in [1.807, 2.05) is 36.1 Å². The maximum absolute atomic E-state index is 12.5. The second kappa shape index (κ2) is 11.1. The third kappa shape index (κ3) is 6.01. The molecule has 1 aromatic rings. The minimum absolute atomic E-state index is 0.0758. The van der Waals surface area contributed by atoms with Gasteiger partial charge < -0.3 is 29.3 Å². The van der Waals surface area contributed by atoms with Gasteiger partial charge in [0.15, 0.2) is 5.96 Å². The van der Waals surface area contributed by atoms with Crippen LogP contribution >= 0.6 is 0 Å². The Morgan fingerprint density at radius 2 is 2.00 bits per heavy atom. The van der Waals surface area contributed by atoms with E-state index < -0.39 is 0 Å². The van der Waals surface area contributed by atoms with Gasteiger partial charge in [0, 0.05) is 45.4 Å². The van der Waals surface area contributed by atoms with Gasteiger partial charge in [-0.3, -0.25) is 4.79 Å². The Hall–Kier alpha value is -2.48. The fourth-order valence-corrected chi connectivity index (χ4v) is 3.70. The molecule has 0 radical (unpaired) electrons. The van der Waals surface area contributed by atoms with E-state index >= 15 is 0 Å². The lowest BCUT2D eigenvalue weighted by atomic mass is 10.2. The van der Waals surface area contributed by atoms with Crippen LogP contribution in [0.5, 0.6) is 11.5 Å². The molecule has 1 aromatic carbocycles. The number of amides is 1. The molecule has 2 atom stereocenters. The minimum atomic E-state index is -0.243. The largest absolute Gasteiger partial charge is 0.497 e. The summed E-state index contributed by atoms with van der Waals surface area (Å²) in [5.74, 6) is 2.53. The Morgan fingerprint density at radius 3 is 2.67 bits per heavy atom. The van der Waals surface area contributed by atoms with Crippen LogP contribution in [0.1, 0.15) is 26.7 Å². The van der Waals surface area contributed by atoms with Crippen LogP contribution in [-0.4, -0.2) is 86.9 Å². The third-order valence-corrected chi connectivity index (χ3v) is 5.31. The van der Waals surface area contributed by atoms with Crippen molar-refractivity contribution in [2.45, 2.75) is 38.9 Å². The van der Waals surface area contributed by atoms with E-state index in [1.54, 1.807) is 7.11 Å². The molecule has 8 nitrogen and oxygen atoms in total. The van der Waals surface area contributed by atoms with Crippen molar-refractivity contribution in [1.82, 2.24) is 15.1 Å². The van der Waals surface area contributed by atoms with E-state index in [0.717, 1.165) is 49.9 Å². The fourth-order valence-electron chi connectivity index (χ4n) is 3.70. The Labute approximate surface area is 179 Å². The molecule has 0 aliphatic carbocycles. The summed E-state index contributed by atoms with van der Waals surface area (Å²) >= 11 is 0. The summed E-state index contributed by atoms with van der Waals surface area (Å²) in [5, 5.41) is 3.36. The van der Waals surface area contributed by atoms with Crippen molar-refractivity contribution in [3.05, 3.63) is 24.3 Å². The smallest absolute Gasteiger partial charge is 0.251 e. The number of hydrogen-bond acceptors (Lipinski definition) is 5. The summed E-state index contributed by atoms with van der Waals surface area (Å²) in [4.78, 5) is 21.4. The minimum Gasteiger partial charge on any atom is -0.497 e. The molecule has 2 unspecified atom stereocenters. The molecule has 3 rings (SSSR count). The zero-order valence-corrected chi connectivity index (χ0v) is 18.3. The first-order valence-corrected chi connectivity index (χ1v) is 10.8. The molecule has 0 spiro atoms. The topological polar surface area (TPSA) is 75.6 Å². The predicted molar refractivity (Wildman–Crippen MR) is 116 cm³/mol. The molecule has 166 valence electrons. The lowest BCUT2D eigenvalue weighted by molar-refractivity contribution is -0.142. The molecule has 2 aliphatic rings. The number of ether oxygens (including phenoxy) is 3. The number of benzene rings is 1. The normalized spacial score (nSPS) is 20.8. The molecular weight excluding hydrogens is 384 g/mol. The highest BCUT2D eigenvalue weighted by Gasteiger charge is 2.30. The monoisotopic (exact) mass is 418 g/mol. The average Bonchev–Trinajstić information content (AvgIpc) is 3.31. The number of nitrogens with one attached hydrogen (secondary N) is 1. The van der Waals surface area contributed by atoms with E-state index in [0.29, 0.717) is 26.2 Å². The lowest BCUT2D eigenvalue weighted by Gasteiger charge is -2.37. The summed E-state index contributed by atoms with van der Waals surface area (Å²) < 4.78 is 16.8. The van der Waals surface area contributed by atoms with E-state index in [9.17, 15) is 4.79 Å². The Bertz CT molecular complexity index is 713. The summed E-state index contributed by atoms with van der Waals surface area (Å²) in [6.45, 7) is 8.99. The molecule has 2 heterocycles. The van der Waals surface area contributed by atoms with Gasteiger partial charge in [0.1, 0.15) is 23.7 Å². The molecule has 2 aliphatic heterocycles. The van der Waals surface area contributed by atoms with Crippen molar-refractivity contribution >= 4 is 11.9 Å². The highest BCUT2D eigenvalue weighted by Crippen LogP contribution is 2.20. The molecule has 2 saturated heterocycles. The average molecular weight is 419 g/mol. The van der Waals surface area contributed by atoms with Crippen LogP contribution in [0.2, 0.25) is 0 Å². The number of methoxy groups -OCH3 is 1.